The van der Waals surface area contributed by atoms with Gasteiger partial charge in [0.25, 0.3) is 5.91 Å². The number of aromatic nitrogens is 1. The van der Waals surface area contributed by atoms with Crippen molar-refractivity contribution >= 4 is 5.91 Å². The molecule has 2 saturated heterocycles. The molecule has 21 heavy (non-hydrogen) atoms. The molecule has 3 heterocycles. The molecule has 0 aromatic carbocycles. The Bertz CT molecular complexity index is 503. The van der Waals surface area contributed by atoms with Gasteiger partial charge in [-0.3, -0.25) is 9.69 Å². The summed E-state index contributed by atoms with van der Waals surface area (Å²) in [7, 11) is 0. The van der Waals surface area contributed by atoms with E-state index in [1.54, 1.807) is 6.92 Å². The van der Waals surface area contributed by atoms with Gasteiger partial charge in [0.2, 0.25) is 0 Å². The molecular weight excluding hydrogens is 270 g/mol. The minimum atomic E-state index is 0.0499. The highest BCUT2D eigenvalue weighted by molar-refractivity contribution is 5.96. The van der Waals surface area contributed by atoms with Crippen molar-refractivity contribution in [3.8, 4) is 0 Å². The van der Waals surface area contributed by atoms with Gasteiger partial charge < -0.3 is 14.2 Å². The predicted molar refractivity (Wildman–Crippen MR) is 77.2 cm³/mol. The highest BCUT2D eigenvalue weighted by Gasteiger charge is 2.38. The molecule has 1 aromatic rings. The van der Waals surface area contributed by atoms with E-state index in [0.717, 1.165) is 39.4 Å². The SMILES string of the molecule is Cc1noc(C)c1C(=O)N1CC(C)C(N2CCOCC2)C1. The zero-order chi connectivity index (χ0) is 15.0. The first kappa shape index (κ1) is 14.5. The van der Waals surface area contributed by atoms with Crippen molar-refractivity contribution in [2.75, 3.05) is 39.4 Å². The molecule has 1 amide bonds. The third-order valence-electron chi connectivity index (χ3n) is 4.62. The van der Waals surface area contributed by atoms with E-state index in [9.17, 15) is 4.79 Å². The number of nitrogens with zero attached hydrogens (tertiary/aromatic N) is 3. The van der Waals surface area contributed by atoms with Crippen LogP contribution in [0.5, 0.6) is 0 Å². The molecule has 2 fully saturated rings. The average molecular weight is 293 g/mol. The van der Waals surface area contributed by atoms with Crippen LogP contribution in [-0.4, -0.2) is 66.3 Å². The molecule has 116 valence electrons. The summed E-state index contributed by atoms with van der Waals surface area (Å²) in [5.41, 5.74) is 1.31. The summed E-state index contributed by atoms with van der Waals surface area (Å²) in [6.07, 6.45) is 0. The highest BCUT2D eigenvalue weighted by Crippen LogP contribution is 2.25. The predicted octanol–water partition coefficient (Wildman–Crippen LogP) is 1.08. The number of aryl methyl sites for hydroxylation is 2. The number of ether oxygens (including phenoxy) is 1. The summed E-state index contributed by atoms with van der Waals surface area (Å²) in [6.45, 7) is 10.9. The van der Waals surface area contributed by atoms with E-state index >= 15 is 0 Å². The quantitative estimate of drug-likeness (QED) is 0.817. The molecule has 2 aliphatic heterocycles. The van der Waals surface area contributed by atoms with Crippen LogP contribution in [0.25, 0.3) is 0 Å². The molecule has 0 aliphatic carbocycles. The molecule has 1 aromatic heterocycles. The lowest BCUT2D eigenvalue weighted by Gasteiger charge is -2.33. The van der Waals surface area contributed by atoms with Gasteiger partial charge in [-0.15, -0.1) is 0 Å². The van der Waals surface area contributed by atoms with Crippen LogP contribution < -0.4 is 0 Å². The topological polar surface area (TPSA) is 58.8 Å². The Kier molecular flexibility index (Phi) is 3.99. The second-order valence-electron chi connectivity index (χ2n) is 6.10. The number of rotatable bonds is 2. The van der Waals surface area contributed by atoms with Crippen molar-refractivity contribution in [2.45, 2.75) is 26.8 Å². The van der Waals surface area contributed by atoms with Crippen LogP contribution in [0, 0.1) is 19.8 Å². The van der Waals surface area contributed by atoms with Gasteiger partial charge in [0.1, 0.15) is 11.3 Å². The number of likely N-dealkylation sites (tertiary alicyclic amines) is 1. The molecule has 3 rings (SSSR count). The van der Waals surface area contributed by atoms with Crippen molar-refractivity contribution in [3.05, 3.63) is 17.0 Å². The Labute approximate surface area is 125 Å². The lowest BCUT2D eigenvalue weighted by Crippen LogP contribution is -2.47. The van der Waals surface area contributed by atoms with Gasteiger partial charge in [0.15, 0.2) is 0 Å². The summed E-state index contributed by atoms with van der Waals surface area (Å²) >= 11 is 0. The van der Waals surface area contributed by atoms with E-state index in [2.05, 4.69) is 17.0 Å². The van der Waals surface area contributed by atoms with Crippen molar-refractivity contribution in [2.24, 2.45) is 5.92 Å². The monoisotopic (exact) mass is 293 g/mol. The molecular formula is C15H23N3O3. The van der Waals surface area contributed by atoms with Crippen LogP contribution >= 0.6 is 0 Å². The van der Waals surface area contributed by atoms with Crippen LogP contribution in [0.3, 0.4) is 0 Å². The van der Waals surface area contributed by atoms with Crippen LogP contribution in [-0.2, 0) is 4.74 Å². The lowest BCUT2D eigenvalue weighted by atomic mass is 10.0. The summed E-state index contributed by atoms with van der Waals surface area (Å²) in [6, 6.07) is 0.429. The minimum absolute atomic E-state index is 0.0499. The van der Waals surface area contributed by atoms with E-state index < -0.39 is 0 Å². The Morgan fingerprint density at radius 3 is 2.57 bits per heavy atom. The number of carbonyl (C=O) groups is 1. The van der Waals surface area contributed by atoms with Crippen LogP contribution in [0.2, 0.25) is 0 Å². The molecule has 0 spiro atoms. The average Bonchev–Trinajstić information content (AvgIpc) is 3.03. The number of carbonyl (C=O) groups excluding carboxylic acids is 1. The number of morpholine rings is 1. The number of amides is 1. The standard InChI is InChI=1S/C15H23N3O3/c1-10-8-18(9-13(10)17-4-6-20-7-5-17)15(19)14-11(2)16-21-12(14)3/h10,13H,4-9H2,1-3H3. The first-order valence-corrected chi connectivity index (χ1v) is 7.62. The van der Waals surface area contributed by atoms with Crippen molar-refractivity contribution < 1.29 is 14.1 Å². The maximum absolute atomic E-state index is 12.7. The molecule has 2 atom stereocenters. The van der Waals surface area contributed by atoms with Crippen LogP contribution in [0.15, 0.2) is 4.52 Å². The largest absolute Gasteiger partial charge is 0.379 e. The van der Waals surface area contributed by atoms with E-state index in [-0.39, 0.29) is 5.91 Å². The fourth-order valence-corrected chi connectivity index (χ4v) is 3.45. The Morgan fingerprint density at radius 2 is 1.95 bits per heavy atom. The fraction of sp³-hybridized carbons (Fsp3) is 0.733. The van der Waals surface area contributed by atoms with E-state index in [1.807, 2.05) is 11.8 Å². The molecule has 6 heteroatoms. The van der Waals surface area contributed by atoms with Gasteiger partial charge in [-0.1, -0.05) is 12.1 Å². The molecule has 2 unspecified atom stereocenters. The molecule has 0 bridgehead atoms. The van der Waals surface area contributed by atoms with Crippen molar-refractivity contribution in [1.29, 1.82) is 0 Å². The summed E-state index contributed by atoms with van der Waals surface area (Å²) < 4.78 is 10.5. The second kappa shape index (κ2) is 5.77. The number of hydrogen-bond donors (Lipinski definition) is 0. The van der Waals surface area contributed by atoms with E-state index in [1.165, 1.54) is 0 Å². The minimum Gasteiger partial charge on any atom is -0.379 e. The zero-order valence-corrected chi connectivity index (χ0v) is 13.0. The zero-order valence-electron chi connectivity index (χ0n) is 13.0. The van der Waals surface area contributed by atoms with Gasteiger partial charge in [-0.25, -0.2) is 0 Å². The molecule has 0 radical (unpaired) electrons. The van der Waals surface area contributed by atoms with Crippen LogP contribution in [0.4, 0.5) is 0 Å². The van der Waals surface area contributed by atoms with E-state index in [4.69, 9.17) is 9.26 Å². The van der Waals surface area contributed by atoms with Crippen molar-refractivity contribution in [3.63, 3.8) is 0 Å². The highest BCUT2D eigenvalue weighted by atomic mass is 16.5. The maximum Gasteiger partial charge on any atom is 0.259 e. The third-order valence-corrected chi connectivity index (χ3v) is 4.62. The summed E-state index contributed by atoms with van der Waals surface area (Å²) in [5.74, 6) is 1.14. The Hall–Kier alpha value is -1.40. The summed E-state index contributed by atoms with van der Waals surface area (Å²) in [5, 5.41) is 3.89. The maximum atomic E-state index is 12.7. The smallest absolute Gasteiger partial charge is 0.259 e. The van der Waals surface area contributed by atoms with Crippen LogP contribution in [0.1, 0.15) is 28.7 Å². The van der Waals surface area contributed by atoms with Gasteiger partial charge in [-0.2, -0.15) is 0 Å². The molecule has 0 N–H and O–H groups in total. The van der Waals surface area contributed by atoms with Crippen molar-refractivity contribution in [1.82, 2.24) is 15.0 Å². The molecule has 0 saturated carbocycles. The van der Waals surface area contributed by atoms with Gasteiger partial charge in [0, 0.05) is 32.2 Å². The Morgan fingerprint density at radius 1 is 1.24 bits per heavy atom. The third kappa shape index (κ3) is 2.70. The first-order valence-electron chi connectivity index (χ1n) is 7.62. The second-order valence-corrected chi connectivity index (χ2v) is 6.10. The van der Waals surface area contributed by atoms with Gasteiger partial charge in [-0.05, 0) is 19.8 Å². The first-order chi connectivity index (χ1) is 10.1. The lowest BCUT2D eigenvalue weighted by molar-refractivity contribution is 0.0119. The molecule has 2 aliphatic rings. The fourth-order valence-electron chi connectivity index (χ4n) is 3.45. The normalized spacial score (nSPS) is 27.3. The molecule has 6 nitrogen and oxygen atoms in total. The van der Waals surface area contributed by atoms with Gasteiger partial charge >= 0.3 is 0 Å². The summed E-state index contributed by atoms with van der Waals surface area (Å²) in [4.78, 5) is 17.1. The van der Waals surface area contributed by atoms with Gasteiger partial charge in [0.05, 0.1) is 18.9 Å². The number of hydrogen-bond acceptors (Lipinski definition) is 5. The van der Waals surface area contributed by atoms with E-state index in [0.29, 0.717) is 29.0 Å². The Balaban J connectivity index is 1.72.